The maximum Gasteiger partial charge on any atom is 0.245 e. The number of sulfone groups is 1. The minimum Gasteiger partial charge on any atom is -0.338 e. The van der Waals surface area contributed by atoms with E-state index in [0.717, 1.165) is 6.42 Å². The van der Waals surface area contributed by atoms with Gasteiger partial charge in [0.1, 0.15) is 5.25 Å². The number of rotatable bonds is 3. The van der Waals surface area contributed by atoms with Gasteiger partial charge in [-0.1, -0.05) is 18.5 Å². The number of aromatic nitrogens is 2. The van der Waals surface area contributed by atoms with E-state index in [1.807, 2.05) is 6.92 Å². The Bertz CT molecular complexity index is 483. The van der Waals surface area contributed by atoms with Crippen molar-refractivity contribution in [2.45, 2.75) is 43.9 Å². The molecule has 2 heterocycles. The van der Waals surface area contributed by atoms with Crippen LogP contribution in [0.1, 0.15) is 55.6 Å². The van der Waals surface area contributed by atoms with Crippen molar-refractivity contribution in [3.05, 3.63) is 11.7 Å². The van der Waals surface area contributed by atoms with E-state index in [1.54, 1.807) is 0 Å². The van der Waals surface area contributed by atoms with E-state index in [-0.39, 0.29) is 17.7 Å². The molecule has 1 fully saturated rings. The van der Waals surface area contributed by atoms with Crippen molar-refractivity contribution in [3.8, 4) is 0 Å². The average molecular weight is 259 g/mol. The molecule has 7 heteroatoms. The summed E-state index contributed by atoms with van der Waals surface area (Å²) in [5, 5.41) is 3.11. The van der Waals surface area contributed by atoms with E-state index in [2.05, 4.69) is 10.1 Å². The summed E-state index contributed by atoms with van der Waals surface area (Å²) in [6.07, 6.45) is 2.84. The predicted octanol–water partition coefficient (Wildman–Crippen LogP) is 1.12. The molecule has 2 N–H and O–H groups in total. The van der Waals surface area contributed by atoms with Gasteiger partial charge in [-0.15, -0.1) is 0 Å². The monoisotopic (exact) mass is 259 g/mol. The van der Waals surface area contributed by atoms with Crippen molar-refractivity contribution in [3.63, 3.8) is 0 Å². The summed E-state index contributed by atoms with van der Waals surface area (Å²) in [6.45, 7) is 1.91. The largest absolute Gasteiger partial charge is 0.338 e. The summed E-state index contributed by atoms with van der Waals surface area (Å²) >= 11 is 0. The molecule has 96 valence electrons. The van der Waals surface area contributed by atoms with Gasteiger partial charge in [0.15, 0.2) is 15.7 Å². The van der Waals surface area contributed by atoms with E-state index in [0.29, 0.717) is 25.1 Å². The molecule has 0 aliphatic carbocycles. The first-order valence-electron chi connectivity index (χ1n) is 5.85. The molecule has 1 saturated heterocycles. The predicted molar refractivity (Wildman–Crippen MR) is 61.9 cm³/mol. The molecule has 0 bridgehead atoms. The van der Waals surface area contributed by atoms with Crippen LogP contribution < -0.4 is 5.73 Å². The lowest BCUT2D eigenvalue weighted by Crippen LogP contribution is -2.22. The summed E-state index contributed by atoms with van der Waals surface area (Å²) in [6, 6.07) is -0.293. The summed E-state index contributed by atoms with van der Waals surface area (Å²) < 4.78 is 28.8. The van der Waals surface area contributed by atoms with Gasteiger partial charge in [-0.2, -0.15) is 4.98 Å². The van der Waals surface area contributed by atoms with Crippen molar-refractivity contribution in [2.75, 3.05) is 5.75 Å². The van der Waals surface area contributed by atoms with Crippen LogP contribution in [0, 0.1) is 0 Å². The normalized spacial score (nSPS) is 25.6. The Kier molecular flexibility index (Phi) is 3.48. The topological polar surface area (TPSA) is 99.1 Å². The molecule has 1 aliphatic rings. The van der Waals surface area contributed by atoms with Gasteiger partial charge in [0, 0.05) is 0 Å². The number of nitrogens with two attached hydrogens (primary N) is 1. The van der Waals surface area contributed by atoms with Gasteiger partial charge in [0.2, 0.25) is 5.89 Å². The van der Waals surface area contributed by atoms with Gasteiger partial charge in [0.25, 0.3) is 0 Å². The third kappa shape index (κ3) is 2.50. The Morgan fingerprint density at radius 3 is 2.94 bits per heavy atom. The number of nitrogens with zero attached hydrogens (tertiary/aromatic N) is 2. The van der Waals surface area contributed by atoms with E-state index >= 15 is 0 Å². The standard InChI is InChI=1S/C10H17N3O3S/c1-2-7(11)9-12-10(16-13-9)8-5-3-4-6-17(8,14)15/h7-8H,2-6,11H2,1H3. The fraction of sp³-hybridized carbons (Fsp3) is 0.800. The van der Waals surface area contributed by atoms with Gasteiger partial charge in [-0.25, -0.2) is 8.42 Å². The second kappa shape index (κ2) is 4.73. The van der Waals surface area contributed by atoms with Crippen molar-refractivity contribution >= 4 is 9.84 Å². The van der Waals surface area contributed by atoms with Gasteiger partial charge < -0.3 is 10.3 Å². The highest BCUT2D eigenvalue weighted by Crippen LogP contribution is 2.32. The van der Waals surface area contributed by atoms with Crippen LogP contribution in [-0.4, -0.2) is 24.3 Å². The van der Waals surface area contributed by atoms with Crippen LogP contribution in [0.3, 0.4) is 0 Å². The third-order valence-electron chi connectivity index (χ3n) is 3.08. The molecular formula is C10H17N3O3S. The highest BCUT2D eigenvalue weighted by atomic mass is 32.2. The lowest BCUT2D eigenvalue weighted by molar-refractivity contribution is 0.356. The maximum absolute atomic E-state index is 11.9. The van der Waals surface area contributed by atoms with E-state index < -0.39 is 15.1 Å². The molecule has 6 nitrogen and oxygen atoms in total. The lowest BCUT2D eigenvalue weighted by atomic mass is 10.2. The molecule has 1 aliphatic heterocycles. The van der Waals surface area contributed by atoms with Crippen LogP contribution in [0.2, 0.25) is 0 Å². The SMILES string of the molecule is CCC(N)c1noc(C2CCCCS2(=O)=O)n1. The molecule has 0 radical (unpaired) electrons. The second-order valence-electron chi connectivity index (χ2n) is 4.36. The zero-order valence-corrected chi connectivity index (χ0v) is 10.6. The summed E-state index contributed by atoms with van der Waals surface area (Å²) in [5.41, 5.74) is 5.77. The number of hydrogen-bond donors (Lipinski definition) is 1. The fourth-order valence-corrected chi connectivity index (χ4v) is 3.76. The summed E-state index contributed by atoms with van der Waals surface area (Å²) in [5.74, 6) is 0.793. The van der Waals surface area contributed by atoms with Crippen molar-refractivity contribution in [2.24, 2.45) is 5.73 Å². The van der Waals surface area contributed by atoms with Gasteiger partial charge in [0.05, 0.1) is 11.8 Å². The molecule has 17 heavy (non-hydrogen) atoms. The summed E-state index contributed by atoms with van der Waals surface area (Å²) in [4.78, 5) is 4.12. The van der Waals surface area contributed by atoms with Crippen molar-refractivity contribution < 1.29 is 12.9 Å². The number of hydrogen-bond acceptors (Lipinski definition) is 6. The quantitative estimate of drug-likeness (QED) is 0.873. The van der Waals surface area contributed by atoms with Crippen LogP contribution >= 0.6 is 0 Å². The Labute approximate surface area is 100 Å². The molecule has 2 atom stereocenters. The van der Waals surface area contributed by atoms with E-state index in [1.165, 1.54) is 0 Å². The molecule has 2 unspecified atom stereocenters. The third-order valence-corrected chi connectivity index (χ3v) is 5.25. The van der Waals surface area contributed by atoms with E-state index in [9.17, 15) is 8.42 Å². The molecule has 1 aromatic heterocycles. The maximum atomic E-state index is 11.9. The first-order valence-corrected chi connectivity index (χ1v) is 7.56. The first-order chi connectivity index (χ1) is 8.04. The molecule has 0 aromatic carbocycles. The Morgan fingerprint density at radius 1 is 1.53 bits per heavy atom. The van der Waals surface area contributed by atoms with Crippen LogP contribution in [-0.2, 0) is 9.84 Å². The Hall–Kier alpha value is -0.950. The van der Waals surface area contributed by atoms with Crippen LogP contribution in [0.25, 0.3) is 0 Å². The lowest BCUT2D eigenvalue weighted by Gasteiger charge is -2.18. The minimum atomic E-state index is -3.13. The molecule has 2 rings (SSSR count). The highest BCUT2D eigenvalue weighted by molar-refractivity contribution is 7.91. The molecule has 0 saturated carbocycles. The van der Waals surface area contributed by atoms with Crippen molar-refractivity contribution in [1.82, 2.24) is 10.1 Å². The zero-order valence-electron chi connectivity index (χ0n) is 9.80. The fourth-order valence-electron chi connectivity index (χ4n) is 1.94. The van der Waals surface area contributed by atoms with Gasteiger partial charge >= 0.3 is 0 Å². The molecule has 0 spiro atoms. The highest BCUT2D eigenvalue weighted by Gasteiger charge is 2.35. The zero-order chi connectivity index (χ0) is 12.5. The molecule has 0 amide bonds. The molecular weight excluding hydrogens is 242 g/mol. The minimum absolute atomic E-state index is 0.198. The second-order valence-corrected chi connectivity index (χ2v) is 6.66. The Morgan fingerprint density at radius 2 is 2.29 bits per heavy atom. The van der Waals surface area contributed by atoms with Crippen LogP contribution in [0.4, 0.5) is 0 Å². The average Bonchev–Trinajstić information content (AvgIpc) is 2.76. The summed E-state index contributed by atoms with van der Waals surface area (Å²) in [7, 11) is -3.13. The van der Waals surface area contributed by atoms with Crippen LogP contribution in [0.5, 0.6) is 0 Å². The Balaban J connectivity index is 2.25. The van der Waals surface area contributed by atoms with Gasteiger partial charge in [-0.05, 0) is 19.3 Å². The van der Waals surface area contributed by atoms with Gasteiger partial charge in [-0.3, -0.25) is 0 Å². The van der Waals surface area contributed by atoms with E-state index in [4.69, 9.17) is 10.3 Å². The van der Waals surface area contributed by atoms with Crippen LogP contribution in [0.15, 0.2) is 4.52 Å². The first kappa shape index (κ1) is 12.5. The molecule has 1 aromatic rings. The smallest absolute Gasteiger partial charge is 0.245 e. The van der Waals surface area contributed by atoms with Crippen molar-refractivity contribution in [1.29, 1.82) is 0 Å².